The second kappa shape index (κ2) is 13.6. The summed E-state index contributed by atoms with van der Waals surface area (Å²) in [6.07, 6.45) is 0.299. The highest BCUT2D eigenvalue weighted by molar-refractivity contribution is 5.82. The molecule has 10 nitrogen and oxygen atoms in total. The lowest BCUT2D eigenvalue weighted by molar-refractivity contribution is -0.148. The maximum absolute atomic E-state index is 12.6. The Kier molecular flexibility index (Phi) is 11.8. The van der Waals surface area contributed by atoms with Gasteiger partial charge in [-0.1, -0.05) is 19.4 Å². The van der Waals surface area contributed by atoms with Crippen molar-refractivity contribution in [3.63, 3.8) is 0 Å². The van der Waals surface area contributed by atoms with E-state index < -0.39 is 40.4 Å². The molecule has 0 unspecified atom stereocenters. The molecule has 0 saturated carbocycles. The van der Waals surface area contributed by atoms with Crippen molar-refractivity contribution in [1.29, 1.82) is 0 Å². The molecule has 0 saturated heterocycles. The number of nitrogens with two attached hydrogens (primary N) is 1. The molecule has 214 valence electrons. The van der Waals surface area contributed by atoms with Gasteiger partial charge in [-0.25, -0.2) is 4.79 Å². The highest BCUT2D eigenvalue weighted by Gasteiger charge is 2.36. The summed E-state index contributed by atoms with van der Waals surface area (Å²) in [5.74, 6) is -1.71. The van der Waals surface area contributed by atoms with Crippen LogP contribution < -0.4 is 15.2 Å². The number of methoxy groups -OCH3 is 1. The zero-order valence-electron chi connectivity index (χ0n) is 24.1. The molecule has 10 heteroatoms. The standard InChI is InChI=1S/C28H43NO9/c1-10-11-18(2)36-25(33)35-15-14-28(29,24(32)34-9)17-19-12-13-20(37-22(30)26(3,4)5)21(16-19)38-23(31)27(6,7)8/h12-13,16,18H,10-11,14-15,17,29H2,1-9H3/t18-,28+/m0/s1. The molecule has 0 aliphatic carbocycles. The third-order valence-corrected chi connectivity index (χ3v) is 5.51. The maximum Gasteiger partial charge on any atom is 0.508 e. The third-order valence-electron chi connectivity index (χ3n) is 5.51. The molecule has 2 N–H and O–H groups in total. The number of hydrogen-bond donors (Lipinski definition) is 1. The van der Waals surface area contributed by atoms with Gasteiger partial charge in [-0.15, -0.1) is 0 Å². The summed E-state index contributed by atoms with van der Waals surface area (Å²) in [6.45, 7) is 13.7. The van der Waals surface area contributed by atoms with Crippen LogP contribution in [0.25, 0.3) is 0 Å². The Bertz CT molecular complexity index is 991. The van der Waals surface area contributed by atoms with E-state index in [0.717, 1.165) is 6.42 Å². The third kappa shape index (κ3) is 10.3. The van der Waals surface area contributed by atoms with Gasteiger partial charge in [-0.3, -0.25) is 14.4 Å². The van der Waals surface area contributed by atoms with Gasteiger partial charge in [-0.2, -0.15) is 0 Å². The zero-order chi connectivity index (χ0) is 29.3. The van der Waals surface area contributed by atoms with Crippen LogP contribution in [0.3, 0.4) is 0 Å². The van der Waals surface area contributed by atoms with E-state index in [1.807, 2.05) is 6.92 Å². The number of esters is 3. The summed E-state index contributed by atoms with van der Waals surface area (Å²) in [5, 5.41) is 0. The SMILES string of the molecule is CCC[C@H](C)OC(=O)OCC[C@@](N)(Cc1ccc(OC(=O)C(C)(C)C)c(OC(=O)C(C)(C)C)c1)C(=O)OC. The average Bonchev–Trinajstić information content (AvgIpc) is 2.78. The summed E-state index contributed by atoms with van der Waals surface area (Å²) in [5.41, 5.74) is 3.73. The Morgan fingerprint density at radius 2 is 1.45 bits per heavy atom. The first-order chi connectivity index (χ1) is 17.4. The topological polar surface area (TPSA) is 140 Å². The molecule has 0 heterocycles. The van der Waals surface area contributed by atoms with Crippen LogP contribution in [0.1, 0.15) is 80.2 Å². The van der Waals surface area contributed by atoms with Gasteiger partial charge < -0.3 is 29.4 Å². The molecule has 0 spiro atoms. The monoisotopic (exact) mass is 537 g/mol. The number of benzene rings is 1. The predicted octanol–water partition coefficient (Wildman–Crippen LogP) is 4.73. The Balaban J connectivity index is 3.19. The fourth-order valence-electron chi connectivity index (χ4n) is 3.14. The minimum absolute atomic E-state index is 0.0111. The summed E-state index contributed by atoms with van der Waals surface area (Å²) in [6, 6.07) is 4.57. The molecule has 0 fully saturated rings. The molecular formula is C28H43NO9. The van der Waals surface area contributed by atoms with Gasteiger partial charge in [0.25, 0.3) is 0 Å². The first-order valence-corrected chi connectivity index (χ1v) is 12.7. The van der Waals surface area contributed by atoms with Crippen molar-refractivity contribution in [2.24, 2.45) is 16.6 Å². The average molecular weight is 538 g/mol. The Labute approximate surface area is 225 Å². The molecular weight excluding hydrogens is 494 g/mol. The van der Waals surface area contributed by atoms with Crippen LogP contribution in [0, 0.1) is 10.8 Å². The second-order valence-electron chi connectivity index (χ2n) is 11.5. The van der Waals surface area contributed by atoms with Crippen LogP contribution in [0.5, 0.6) is 11.5 Å². The van der Waals surface area contributed by atoms with E-state index >= 15 is 0 Å². The molecule has 0 aliphatic heterocycles. The highest BCUT2D eigenvalue weighted by Crippen LogP contribution is 2.34. The van der Waals surface area contributed by atoms with Crippen LogP contribution >= 0.6 is 0 Å². The zero-order valence-corrected chi connectivity index (χ0v) is 24.1. The van der Waals surface area contributed by atoms with E-state index in [-0.39, 0.29) is 37.1 Å². The fourth-order valence-corrected chi connectivity index (χ4v) is 3.14. The van der Waals surface area contributed by atoms with Gasteiger partial charge in [-0.05, 0) is 72.6 Å². The van der Waals surface area contributed by atoms with Crippen molar-refractivity contribution in [3.8, 4) is 11.5 Å². The predicted molar refractivity (Wildman–Crippen MR) is 141 cm³/mol. The van der Waals surface area contributed by atoms with E-state index in [1.54, 1.807) is 54.5 Å². The van der Waals surface area contributed by atoms with E-state index in [4.69, 9.17) is 29.4 Å². The van der Waals surface area contributed by atoms with E-state index in [0.29, 0.717) is 12.0 Å². The van der Waals surface area contributed by atoms with E-state index in [1.165, 1.54) is 19.2 Å². The van der Waals surface area contributed by atoms with Crippen molar-refractivity contribution in [2.45, 2.75) is 92.7 Å². The van der Waals surface area contributed by atoms with Gasteiger partial charge in [0.15, 0.2) is 11.5 Å². The fraction of sp³-hybridized carbons (Fsp3) is 0.643. The first-order valence-electron chi connectivity index (χ1n) is 12.7. The summed E-state index contributed by atoms with van der Waals surface area (Å²) in [4.78, 5) is 49.7. The molecule has 2 atom stereocenters. The molecule has 0 aliphatic rings. The summed E-state index contributed by atoms with van der Waals surface area (Å²) < 4.78 is 26.3. The lowest BCUT2D eigenvalue weighted by Crippen LogP contribution is -2.51. The van der Waals surface area contributed by atoms with E-state index in [2.05, 4.69) is 0 Å². The van der Waals surface area contributed by atoms with Crippen LogP contribution in [-0.2, 0) is 35.0 Å². The Morgan fingerprint density at radius 3 is 1.95 bits per heavy atom. The highest BCUT2D eigenvalue weighted by atomic mass is 16.7. The van der Waals surface area contributed by atoms with Crippen LogP contribution in [0.2, 0.25) is 0 Å². The summed E-state index contributed by atoms with van der Waals surface area (Å²) in [7, 11) is 1.21. The maximum atomic E-state index is 12.6. The molecule has 0 aromatic heterocycles. The van der Waals surface area contributed by atoms with Crippen molar-refractivity contribution in [3.05, 3.63) is 23.8 Å². The van der Waals surface area contributed by atoms with Gasteiger partial charge in [0.2, 0.25) is 0 Å². The summed E-state index contributed by atoms with van der Waals surface area (Å²) >= 11 is 0. The molecule has 0 radical (unpaired) electrons. The second-order valence-corrected chi connectivity index (χ2v) is 11.5. The van der Waals surface area contributed by atoms with Crippen LogP contribution in [0.15, 0.2) is 18.2 Å². The smallest absolute Gasteiger partial charge is 0.468 e. The molecule has 38 heavy (non-hydrogen) atoms. The number of rotatable bonds is 11. The molecule has 1 rings (SSSR count). The molecule has 1 aromatic rings. The molecule has 0 amide bonds. The lowest BCUT2D eigenvalue weighted by atomic mass is 9.88. The van der Waals surface area contributed by atoms with Gasteiger partial charge in [0.1, 0.15) is 11.6 Å². The number of hydrogen-bond acceptors (Lipinski definition) is 10. The molecule has 0 bridgehead atoms. The lowest BCUT2D eigenvalue weighted by Gasteiger charge is -2.27. The minimum Gasteiger partial charge on any atom is -0.468 e. The van der Waals surface area contributed by atoms with Gasteiger partial charge >= 0.3 is 24.1 Å². The van der Waals surface area contributed by atoms with Crippen molar-refractivity contribution >= 4 is 24.1 Å². The molecule has 1 aromatic carbocycles. The number of carbonyl (C=O) groups excluding carboxylic acids is 4. The number of ether oxygens (including phenoxy) is 5. The largest absolute Gasteiger partial charge is 0.508 e. The Morgan fingerprint density at radius 1 is 0.895 bits per heavy atom. The minimum atomic E-state index is -1.57. The number of carbonyl (C=O) groups is 4. The van der Waals surface area contributed by atoms with Gasteiger partial charge in [0, 0.05) is 12.8 Å². The van der Waals surface area contributed by atoms with Crippen molar-refractivity contribution in [1.82, 2.24) is 0 Å². The van der Waals surface area contributed by atoms with Crippen molar-refractivity contribution in [2.75, 3.05) is 13.7 Å². The van der Waals surface area contributed by atoms with Gasteiger partial charge in [0.05, 0.1) is 24.5 Å². The van der Waals surface area contributed by atoms with E-state index in [9.17, 15) is 19.2 Å². The van der Waals surface area contributed by atoms with Crippen LogP contribution in [0.4, 0.5) is 4.79 Å². The normalized spacial score (nSPS) is 14.1. The first kappa shape index (κ1) is 32.9. The van der Waals surface area contributed by atoms with Crippen molar-refractivity contribution < 1.29 is 42.9 Å². The van der Waals surface area contributed by atoms with Crippen LogP contribution in [-0.4, -0.2) is 49.4 Å². The Hall–Kier alpha value is -3.14. The quantitative estimate of drug-likeness (QED) is 0.311.